The summed E-state index contributed by atoms with van der Waals surface area (Å²) >= 11 is 1.50. The third kappa shape index (κ3) is 3.39. The van der Waals surface area contributed by atoms with Gasteiger partial charge in [0, 0.05) is 16.9 Å². The maximum atomic E-state index is 13.0. The second-order valence-electron chi connectivity index (χ2n) is 6.30. The second-order valence-corrected chi connectivity index (χ2v) is 7.32. The fourth-order valence-corrected chi connectivity index (χ4v) is 4.09. The van der Waals surface area contributed by atoms with E-state index in [1.165, 1.54) is 23.9 Å². The summed E-state index contributed by atoms with van der Waals surface area (Å²) < 4.78 is 13.0. The normalized spacial score (nSPS) is 21.6. The second kappa shape index (κ2) is 6.52. The highest BCUT2D eigenvalue weighted by molar-refractivity contribution is 8.00. The van der Waals surface area contributed by atoms with E-state index in [1.54, 1.807) is 17.0 Å². The van der Waals surface area contributed by atoms with Crippen LogP contribution in [0.15, 0.2) is 53.4 Å². The van der Waals surface area contributed by atoms with E-state index in [1.807, 2.05) is 24.3 Å². The Morgan fingerprint density at radius 3 is 2.76 bits per heavy atom. The molecule has 2 aliphatic rings. The molecule has 6 heteroatoms. The minimum absolute atomic E-state index is 0.0308. The third-order valence-corrected chi connectivity index (χ3v) is 5.59. The van der Waals surface area contributed by atoms with E-state index in [0.717, 1.165) is 22.6 Å². The van der Waals surface area contributed by atoms with Crippen molar-refractivity contribution in [3.8, 4) is 0 Å². The van der Waals surface area contributed by atoms with Gasteiger partial charge in [0.15, 0.2) is 0 Å². The van der Waals surface area contributed by atoms with Crippen LogP contribution in [0.4, 0.5) is 10.1 Å². The van der Waals surface area contributed by atoms with Crippen LogP contribution in [0.1, 0.15) is 17.9 Å². The van der Waals surface area contributed by atoms with Crippen molar-refractivity contribution < 1.29 is 14.0 Å². The maximum absolute atomic E-state index is 13.0. The zero-order chi connectivity index (χ0) is 17.4. The van der Waals surface area contributed by atoms with E-state index in [0.29, 0.717) is 5.75 Å². The summed E-state index contributed by atoms with van der Waals surface area (Å²) in [6.45, 7) is 0.0308. The Morgan fingerprint density at radius 2 is 1.96 bits per heavy atom. The van der Waals surface area contributed by atoms with Crippen molar-refractivity contribution in [2.75, 3.05) is 17.2 Å². The molecule has 1 aliphatic heterocycles. The summed E-state index contributed by atoms with van der Waals surface area (Å²) in [7, 11) is 0. The lowest BCUT2D eigenvalue weighted by atomic mass is 10.1. The first-order chi connectivity index (χ1) is 12.1. The molecule has 128 valence electrons. The monoisotopic (exact) mass is 356 g/mol. The number of carbonyl (C=O) groups excluding carboxylic acids is 2. The number of rotatable bonds is 4. The highest BCUT2D eigenvalue weighted by Crippen LogP contribution is 2.41. The topological polar surface area (TPSA) is 49.4 Å². The molecule has 0 aromatic heterocycles. The number of hydrogen-bond donors (Lipinski definition) is 1. The molecule has 1 saturated carbocycles. The summed E-state index contributed by atoms with van der Waals surface area (Å²) in [5, 5.41) is 2.98. The Bertz CT molecular complexity index is 824. The molecular weight excluding hydrogens is 339 g/mol. The van der Waals surface area contributed by atoms with Crippen molar-refractivity contribution in [1.29, 1.82) is 0 Å². The van der Waals surface area contributed by atoms with Crippen LogP contribution in [0.3, 0.4) is 0 Å². The number of halogens is 1. The minimum atomic E-state index is -0.259. The zero-order valence-electron chi connectivity index (χ0n) is 13.4. The van der Waals surface area contributed by atoms with Crippen molar-refractivity contribution in [2.24, 2.45) is 0 Å². The average Bonchev–Trinajstić information content (AvgIpc) is 3.37. The Kier molecular flexibility index (Phi) is 4.21. The van der Waals surface area contributed by atoms with E-state index in [4.69, 9.17) is 0 Å². The number of carbonyl (C=O) groups is 2. The fourth-order valence-electron chi connectivity index (χ4n) is 3.16. The maximum Gasteiger partial charge on any atom is 0.240 e. The van der Waals surface area contributed by atoms with Crippen LogP contribution in [-0.4, -0.2) is 30.2 Å². The van der Waals surface area contributed by atoms with Crippen LogP contribution in [0, 0.1) is 5.82 Å². The third-order valence-electron chi connectivity index (χ3n) is 4.54. The summed E-state index contributed by atoms with van der Waals surface area (Å²) in [6.07, 6.45) is 0.845. The quantitative estimate of drug-likeness (QED) is 0.916. The van der Waals surface area contributed by atoms with Crippen LogP contribution in [0.5, 0.6) is 0 Å². The van der Waals surface area contributed by atoms with E-state index in [-0.39, 0.29) is 36.1 Å². The van der Waals surface area contributed by atoms with Crippen LogP contribution in [-0.2, 0) is 9.59 Å². The molecule has 0 bridgehead atoms. The molecule has 2 amide bonds. The first-order valence-corrected chi connectivity index (χ1v) is 9.17. The number of thioether (sulfide) groups is 1. The van der Waals surface area contributed by atoms with Gasteiger partial charge in [-0.3, -0.25) is 9.59 Å². The molecule has 1 fully saturated rings. The molecule has 2 aromatic carbocycles. The summed E-state index contributed by atoms with van der Waals surface area (Å²) in [5.41, 5.74) is 1.83. The number of nitrogens with one attached hydrogen (secondary N) is 1. The Morgan fingerprint density at radius 1 is 1.20 bits per heavy atom. The number of hydrogen-bond acceptors (Lipinski definition) is 3. The molecule has 1 N–H and O–H groups in total. The van der Waals surface area contributed by atoms with Crippen LogP contribution in [0.2, 0.25) is 0 Å². The predicted molar refractivity (Wildman–Crippen MR) is 95.2 cm³/mol. The van der Waals surface area contributed by atoms with Crippen molar-refractivity contribution in [2.45, 2.75) is 23.3 Å². The lowest BCUT2D eigenvalue weighted by Gasteiger charge is -2.28. The van der Waals surface area contributed by atoms with Crippen LogP contribution < -0.4 is 10.2 Å². The van der Waals surface area contributed by atoms with Gasteiger partial charge in [-0.25, -0.2) is 4.39 Å². The van der Waals surface area contributed by atoms with Crippen molar-refractivity contribution in [1.82, 2.24) is 5.32 Å². The average molecular weight is 356 g/mol. The van der Waals surface area contributed by atoms with Gasteiger partial charge in [0.1, 0.15) is 12.4 Å². The van der Waals surface area contributed by atoms with Gasteiger partial charge in [-0.15, -0.1) is 11.8 Å². The van der Waals surface area contributed by atoms with Gasteiger partial charge in [-0.1, -0.05) is 24.3 Å². The van der Waals surface area contributed by atoms with E-state index in [2.05, 4.69) is 5.32 Å². The van der Waals surface area contributed by atoms with Gasteiger partial charge in [-0.2, -0.15) is 0 Å². The fraction of sp³-hybridized carbons (Fsp3) is 0.263. The highest BCUT2D eigenvalue weighted by atomic mass is 32.2. The summed E-state index contributed by atoms with van der Waals surface area (Å²) in [4.78, 5) is 27.1. The van der Waals surface area contributed by atoms with Crippen LogP contribution >= 0.6 is 11.8 Å². The van der Waals surface area contributed by atoms with Gasteiger partial charge in [0.2, 0.25) is 11.8 Å². The molecule has 2 aromatic rings. The number of benzene rings is 2. The molecule has 1 aliphatic carbocycles. The first kappa shape index (κ1) is 16.1. The van der Waals surface area contributed by atoms with Crippen molar-refractivity contribution >= 4 is 29.3 Å². The van der Waals surface area contributed by atoms with Gasteiger partial charge in [-0.05, 0) is 36.2 Å². The lowest BCUT2D eigenvalue weighted by molar-refractivity contribution is -0.123. The summed E-state index contributed by atoms with van der Waals surface area (Å²) in [6, 6.07) is 14.1. The SMILES string of the molecule is O=C(CN1C(=O)CSc2ccccc21)N[C@@H]1C[C@H]1c1ccc(F)cc1. The molecule has 4 rings (SSSR count). The number of anilines is 1. The standard InChI is InChI=1S/C19H17FN2O2S/c20-13-7-5-12(6-8-13)14-9-15(14)21-18(23)10-22-16-3-1-2-4-17(16)25-11-19(22)24/h1-8,14-15H,9-11H2,(H,21,23)/t14-,15+/m0/s1. The molecule has 1 heterocycles. The molecular formula is C19H17FN2O2S. The molecule has 0 unspecified atom stereocenters. The van der Waals surface area contributed by atoms with Crippen molar-refractivity contribution in [3.05, 3.63) is 59.9 Å². The number of amides is 2. The largest absolute Gasteiger partial charge is 0.351 e. The Labute approximate surface area is 149 Å². The Balaban J connectivity index is 1.39. The lowest BCUT2D eigenvalue weighted by Crippen LogP contribution is -2.44. The van der Waals surface area contributed by atoms with Crippen molar-refractivity contribution in [3.63, 3.8) is 0 Å². The summed E-state index contributed by atoms with van der Waals surface area (Å²) in [5.74, 6) is 0.107. The number of nitrogens with zero attached hydrogens (tertiary/aromatic N) is 1. The van der Waals surface area contributed by atoms with Gasteiger partial charge >= 0.3 is 0 Å². The van der Waals surface area contributed by atoms with E-state index < -0.39 is 0 Å². The molecule has 25 heavy (non-hydrogen) atoms. The molecule has 0 radical (unpaired) electrons. The van der Waals surface area contributed by atoms with Crippen LogP contribution in [0.25, 0.3) is 0 Å². The smallest absolute Gasteiger partial charge is 0.240 e. The zero-order valence-corrected chi connectivity index (χ0v) is 14.3. The molecule has 2 atom stereocenters. The minimum Gasteiger partial charge on any atom is -0.351 e. The van der Waals surface area contributed by atoms with E-state index in [9.17, 15) is 14.0 Å². The van der Waals surface area contributed by atoms with Gasteiger partial charge in [0.25, 0.3) is 0 Å². The predicted octanol–water partition coefficient (Wildman–Crippen LogP) is 2.94. The van der Waals surface area contributed by atoms with Gasteiger partial charge < -0.3 is 10.2 Å². The first-order valence-electron chi connectivity index (χ1n) is 8.19. The highest BCUT2D eigenvalue weighted by Gasteiger charge is 2.40. The van der Waals surface area contributed by atoms with E-state index >= 15 is 0 Å². The molecule has 0 spiro atoms. The Hall–Kier alpha value is -2.34. The number of para-hydroxylation sites is 1. The molecule has 4 nitrogen and oxygen atoms in total. The molecule has 0 saturated heterocycles. The van der Waals surface area contributed by atoms with Gasteiger partial charge in [0.05, 0.1) is 11.4 Å². The number of fused-ring (bicyclic) bond motifs is 1.